The Labute approximate surface area is 147 Å². The Bertz CT molecular complexity index is 808. The van der Waals surface area contributed by atoms with Crippen LogP contribution in [0.1, 0.15) is 11.3 Å². The van der Waals surface area contributed by atoms with Gasteiger partial charge in [-0.3, -0.25) is 4.79 Å². The third kappa shape index (κ3) is 4.40. The highest BCUT2D eigenvalue weighted by molar-refractivity contribution is 8.01. The monoisotopic (exact) mass is 361 g/mol. The lowest BCUT2D eigenvalue weighted by atomic mass is 10.1. The van der Waals surface area contributed by atoms with Crippen LogP contribution in [0.15, 0.2) is 39.4 Å². The zero-order valence-corrected chi connectivity index (χ0v) is 15.1. The number of carbonyl (C=O) groups excluding carboxylic acids is 1. The maximum Gasteiger partial charge on any atom is 0.236 e. The van der Waals surface area contributed by atoms with E-state index in [9.17, 15) is 4.79 Å². The molecule has 0 spiro atoms. The molecular weight excluding hydrogens is 346 g/mol. The van der Waals surface area contributed by atoms with E-state index in [4.69, 9.17) is 0 Å². The predicted octanol–water partition coefficient (Wildman–Crippen LogP) is 4.61. The van der Waals surface area contributed by atoms with Crippen LogP contribution in [0, 0.1) is 13.8 Å². The minimum absolute atomic E-state index is 0.0589. The average molecular weight is 362 g/mol. The van der Waals surface area contributed by atoms with Gasteiger partial charge in [0.05, 0.1) is 17.1 Å². The molecule has 3 aromatic rings. The Kier molecular flexibility index (Phi) is 5.09. The van der Waals surface area contributed by atoms with Crippen LogP contribution in [0.5, 0.6) is 0 Å². The Morgan fingerprint density at radius 1 is 1.13 bits per heavy atom. The van der Waals surface area contributed by atoms with Gasteiger partial charge in [0.1, 0.15) is 0 Å². The van der Waals surface area contributed by atoms with Crippen LogP contribution >= 0.6 is 34.4 Å². The first-order chi connectivity index (χ1) is 11.1. The summed E-state index contributed by atoms with van der Waals surface area (Å²) in [5.41, 5.74) is 4.20. The average Bonchev–Trinajstić information content (AvgIpc) is 3.15. The molecule has 1 aromatic carbocycles. The molecule has 3 rings (SSSR count). The molecule has 7 heteroatoms. The van der Waals surface area contributed by atoms with Crippen molar-refractivity contribution in [3.05, 3.63) is 46.3 Å². The number of carbonyl (C=O) groups is 1. The highest BCUT2D eigenvalue weighted by Gasteiger charge is 2.09. The highest BCUT2D eigenvalue weighted by Crippen LogP contribution is 2.28. The summed E-state index contributed by atoms with van der Waals surface area (Å²) in [5, 5.41) is 7.39. The molecule has 2 aromatic heterocycles. The van der Waals surface area contributed by atoms with Gasteiger partial charge < -0.3 is 5.32 Å². The van der Waals surface area contributed by atoms with E-state index >= 15 is 0 Å². The largest absolute Gasteiger partial charge is 0.301 e. The van der Waals surface area contributed by atoms with Crippen molar-refractivity contribution in [1.29, 1.82) is 0 Å². The van der Waals surface area contributed by atoms with Crippen molar-refractivity contribution in [2.75, 3.05) is 11.1 Å². The number of anilines is 1. The second kappa shape index (κ2) is 7.25. The van der Waals surface area contributed by atoms with E-state index in [-0.39, 0.29) is 5.91 Å². The van der Waals surface area contributed by atoms with Crippen LogP contribution in [0.4, 0.5) is 5.13 Å². The van der Waals surface area contributed by atoms with Crippen LogP contribution in [-0.4, -0.2) is 21.6 Å². The summed E-state index contributed by atoms with van der Waals surface area (Å²) < 4.78 is 0.894. The van der Waals surface area contributed by atoms with E-state index in [0.29, 0.717) is 10.9 Å². The first kappa shape index (κ1) is 16.2. The van der Waals surface area contributed by atoms with Crippen molar-refractivity contribution in [1.82, 2.24) is 9.97 Å². The lowest BCUT2D eigenvalue weighted by Crippen LogP contribution is -2.13. The number of rotatable bonds is 5. The summed E-state index contributed by atoms with van der Waals surface area (Å²) in [7, 11) is 0. The summed E-state index contributed by atoms with van der Waals surface area (Å²) in [6.07, 6.45) is 0. The van der Waals surface area contributed by atoms with Crippen molar-refractivity contribution < 1.29 is 4.79 Å². The summed E-state index contributed by atoms with van der Waals surface area (Å²) in [5.74, 6) is 0.274. The number of aromatic nitrogens is 2. The fourth-order valence-electron chi connectivity index (χ4n) is 1.87. The number of thioether (sulfide) groups is 1. The Hall–Kier alpha value is -1.70. The number of amides is 1. The molecule has 0 saturated carbocycles. The van der Waals surface area contributed by atoms with Crippen LogP contribution in [0.3, 0.4) is 0 Å². The van der Waals surface area contributed by atoms with E-state index in [0.717, 1.165) is 21.3 Å². The van der Waals surface area contributed by atoms with E-state index in [1.54, 1.807) is 11.3 Å². The molecule has 1 N–H and O–H groups in total. The van der Waals surface area contributed by atoms with Crippen molar-refractivity contribution in [2.45, 2.75) is 18.2 Å². The maximum absolute atomic E-state index is 11.9. The quantitative estimate of drug-likeness (QED) is 0.674. The van der Waals surface area contributed by atoms with Gasteiger partial charge >= 0.3 is 0 Å². The lowest BCUT2D eigenvalue weighted by Gasteiger charge is -2.00. The van der Waals surface area contributed by atoms with Crippen LogP contribution in [0.25, 0.3) is 11.3 Å². The van der Waals surface area contributed by atoms with Gasteiger partial charge in [-0.1, -0.05) is 41.6 Å². The molecule has 23 heavy (non-hydrogen) atoms. The van der Waals surface area contributed by atoms with Crippen LogP contribution in [-0.2, 0) is 4.79 Å². The second-order valence-corrected chi connectivity index (χ2v) is 7.93. The van der Waals surface area contributed by atoms with Crippen LogP contribution in [0.2, 0.25) is 0 Å². The van der Waals surface area contributed by atoms with Crippen molar-refractivity contribution in [2.24, 2.45) is 0 Å². The zero-order chi connectivity index (χ0) is 16.2. The zero-order valence-electron chi connectivity index (χ0n) is 12.7. The Morgan fingerprint density at radius 3 is 2.61 bits per heavy atom. The predicted molar refractivity (Wildman–Crippen MR) is 98.5 cm³/mol. The number of hydrogen-bond donors (Lipinski definition) is 1. The molecule has 2 heterocycles. The first-order valence-electron chi connectivity index (χ1n) is 6.97. The van der Waals surface area contributed by atoms with E-state index in [2.05, 4.69) is 46.5 Å². The van der Waals surface area contributed by atoms with Crippen molar-refractivity contribution >= 4 is 45.5 Å². The molecule has 0 fully saturated rings. The number of nitrogens with one attached hydrogen (secondary N) is 1. The van der Waals surface area contributed by atoms with Gasteiger partial charge in [-0.05, 0) is 13.8 Å². The summed E-state index contributed by atoms with van der Waals surface area (Å²) in [6, 6.07) is 8.28. The van der Waals surface area contributed by atoms with Crippen LogP contribution < -0.4 is 5.32 Å². The number of benzene rings is 1. The number of nitrogens with zero attached hydrogens (tertiary/aromatic N) is 2. The molecule has 0 unspecified atom stereocenters. The number of hydrogen-bond acceptors (Lipinski definition) is 6. The van der Waals surface area contributed by atoms with Gasteiger partial charge in [0.25, 0.3) is 0 Å². The molecule has 4 nitrogen and oxygen atoms in total. The fraction of sp³-hybridized carbons (Fsp3) is 0.188. The molecule has 0 radical (unpaired) electrons. The molecule has 0 aliphatic rings. The van der Waals surface area contributed by atoms with Gasteiger partial charge in [-0.25, -0.2) is 9.97 Å². The summed E-state index contributed by atoms with van der Waals surface area (Å²) in [4.78, 5) is 20.7. The third-order valence-corrected chi connectivity index (χ3v) is 5.92. The van der Waals surface area contributed by atoms with E-state index in [1.807, 2.05) is 17.7 Å². The van der Waals surface area contributed by atoms with E-state index < -0.39 is 0 Å². The maximum atomic E-state index is 11.9. The molecular formula is C16H15N3OS3. The lowest BCUT2D eigenvalue weighted by molar-refractivity contribution is -0.113. The summed E-state index contributed by atoms with van der Waals surface area (Å²) in [6.45, 7) is 3.97. The molecule has 118 valence electrons. The van der Waals surface area contributed by atoms with Crippen molar-refractivity contribution in [3.63, 3.8) is 0 Å². The molecule has 0 bridgehead atoms. The molecule has 0 aliphatic heterocycles. The topological polar surface area (TPSA) is 54.9 Å². The van der Waals surface area contributed by atoms with Gasteiger partial charge in [0.15, 0.2) is 9.47 Å². The first-order valence-corrected chi connectivity index (χ1v) is 9.72. The SMILES string of the molecule is Cc1ccc(-c2csc(SCC(=O)Nc3nc(C)cs3)n2)cc1. The minimum atomic E-state index is -0.0589. The smallest absolute Gasteiger partial charge is 0.236 e. The number of thiazole rings is 2. The number of aryl methyl sites for hydroxylation is 2. The standard InChI is InChI=1S/C16H15N3OS3/c1-10-3-5-12(6-4-10)13-8-22-16(18-13)23-9-14(20)19-15-17-11(2)7-21-15/h3-8H,9H2,1-2H3,(H,17,19,20). The molecule has 1 amide bonds. The highest BCUT2D eigenvalue weighted by atomic mass is 32.2. The summed E-state index contributed by atoms with van der Waals surface area (Å²) >= 11 is 4.44. The molecule has 0 atom stereocenters. The fourth-order valence-corrected chi connectivity index (χ4v) is 4.21. The second-order valence-electron chi connectivity index (χ2n) is 5.00. The minimum Gasteiger partial charge on any atom is -0.301 e. The van der Waals surface area contributed by atoms with Gasteiger partial charge in [0, 0.05) is 16.3 Å². The third-order valence-electron chi connectivity index (χ3n) is 3.02. The van der Waals surface area contributed by atoms with Gasteiger partial charge in [0.2, 0.25) is 5.91 Å². The Balaban J connectivity index is 1.56. The van der Waals surface area contributed by atoms with Crippen molar-refractivity contribution in [3.8, 4) is 11.3 Å². The Morgan fingerprint density at radius 2 is 1.91 bits per heavy atom. The normalized spacial score (nSPS) is 10.7. The molecule has 0 aliphatic carbocycles. The van der Waals surface area contributed by atoms with Gasteiger partial charge in [-0.15, -0.1) is 22.7 Å². The molecule has 0 saturated heterocycles. The van der Waals surface area contributed by atoms with Gasteiger partial charge in [-0.2, -0.15) is 0 Å². The van der Waals surface area contributed by atoms with E-state index in [1.165, 1.54) is 28.7 Å².